The highest BCUT2D eigenvalue weighted by Gasteiger charge is 2.34. The second kappa shape index (κ2) is 9.87. The number of anilines is 1. The average molecular weight is 463 g/mol. The smallest absolute Gasteiger partial charge is 0.330 e. The number of nitrogens with one attached hydrogen (secondary N) is 1. The first-order valence-corrected chi connectivity index (χ1v) is 12.2. The third-order valence-corrected chi connectivity index (χ3v) is 7.78. The first kappa shape index (κ1) is 23.2. The van der Waals surface area contributed by atoms with Crippen molar-refractivity contribution in [2.24, 2.45) is 17.6 Å². The monoisotopic (exact) mass is 462 g/mol. The van der Waals surface area contributed by atoms with Crippen LogP contribution in [-0.4, -0.2) is 12.5 Å². The van der Waals surface area contributed by atoms with Crippen molar-refractivity contribution in [1.29, 1.82) is 0 Å². The number of halogens is 3. The minimum atomic E-state index is -4.47. The molecule has 32 heavy (non-hydrogen) atoms. The molecule has 0 radical (unpaired) electrons. The van der Waals surface area contributed by atoms with E-state index in [0.29, 0.717) is 29.5 Å². The summed E-state index contributed by atoms with van der Waals surface area (Å²) in [6.45, 7) is 0.679. The number of rotatable bonds is 6. The predicted octanol–water partition coefficient (Wildman–Crippen LogP) is 6.63. The predicted molar refractivity (Wildman–Crippen MR) is 122 cm³/mol. The van der Waals surface area contributed by atoms with Gasteiger partial charge in [0.25, 0.3) is 0 Å². The molecule has 0 saturated heterocycles. The number of carbonyl (C=O) groups excluding carboxylic acids is 1. The van der Waals surface area contributed by atoms with Crippen molar-refractivity contribution in [2.45, 2.75) is 67.3 Å². The molecule has 7 heteroatoms. The normalized spacial score (nSPS) is 20.4. The molecule has 0 spiro atoms. The SMILES string of the molecule is NCCCCC1CCCC(C(=O)Nc2cc(C(F)(F)F)cc3c2Cc2ccccc2S3)C1. The molecule has 2 aromatic rings. The third kappa shape index (κ3) is 5.31. The Morgan fingerprint density at radius 1 is 1.12 bits per heavy atom. The van der Waals surface area contributed by atoms with Gasteiger partial charge < -0.3 is 11.1 Å². The summed E-state index contributed by atoms with van der Waals surface area (Å²) in [5, 5.41) is 2.90. The number of nitrogens with two attached hydrogens (primary N) is 1. The lowest BCUT2D eigenvalue weighted by atomic mass is 9.78. The summed E-state index contributed by atoms with van der Waals surface area (Å²) < 4.78 is 40.8. The van der Waals surface area contributed by atoms with E-state index in [4.69, 9.17) is 5.73 Å². The first-order chi connectivity index (χ1) is 15.3. The van der Waals surface area contributed by atoms with Crippen molar-refractivity contribution in [3.05, 3.63) is 53.1 Å². The van der Waals surface area contributed by atoms with Gasteiger partial charge in [-0.05, 0) is 61.1 Å². The zero-order valence-electron chi connectivity index (χ0n) is 18.0. The van der Waals surface area contributed by atoms with Crippen LogP contribution in [0.3, 0.4) is 0 Å². The summed E-state index contributed by atoms with van der Waals surface area (Å²) in [7, 11) is 0. The molecule has 172 valence electrons. The van der Waals surface area contributed by atoms with E-state index in [2.05, 4.69) is 5.32 Å². The fraction of sp³-hybridized carbons (Fsp3) is 0.480. The Kier molecular flexibility index (Phi) is 7.15. The van der Waals surface area contributed by atoms with Gasteiger partial charge in [0.05, 0.1) is 5.56 Å². The second-order valence-corrected chi connectivity index (χ2v) is 9.97. The molecular formula is C25H29F3N2OS. The Labute approximate surface area is 191 Å². The fourth-order valence-corrected chi connectivity index (χ4v) is 6.00. The maximum atomic E-state index is 13.6. The minimum absolute atomic E-state index is 0.152. The summed E-state index contributed by atoms with van der Waals surface area (Å²) in [5.74, 6) is 0.183. The number of hydrogen-bond acceptors (Lipinski definition) is 3. The second-order valence-electron chi connectivity index (χ2n) is 8.89. The number of hydrogen-bond donors (Lipinski definition) is 2. The van der Waals surface area contributed by atoms with E-state index in [1.54, 1.807) is 0 Å². The molecule has 1 amide bonds. The molecule has 1 aliphatic carbocycles. The molecule has 1 aliphatic heterocycles. The van der Waals surface area contributed by atoms with E-state index in [9.17, 15) is 18.0 Å². The lowest BCUT2D eigenvalue weighted by Gasteiger charge is -2.29. The van der Waals surface area contributed by atoms with Crippen molar-refractivity contribution >= 4 is 23.4 Å². The zero-order valence-corrected chi connectivity index (χ0v) is 18.8. The van der Waals surface area contributed by atoms with Gasteiger partial charge >= 0.3 is 6.18 Å². The van der Waals surface area contributed by atoms with Crippen LogP contribution in [0.25, 0.3) is 0 Å². The van der Waals surface area contributed by atoms with Crippen molar-refractivity contribution < 1.29 is 18.0 Å². The van der Waals surface area contributed by atoms with Crippen LogP contribution in [0.5, 0.6) is 0 Å². The highest BCUT2D eigenvalue weighted by atomic mass is 32.2. The van der Waals surface area contributed by atoms with Crippen LogP contribution in [-0.2, 0) is 17.4 Å². The summed E-state index contributed by atoms with van der Waals surface area (Å²) in [5.41, 5.74) is 7.00. The average Bonchev–Trinajstić information content (AvgIpc) is 2.77. The van der Waals surface area contributed by atoms with Crippen LogP contribution in [0.2, 0.25) is 0 Å². The Morgan fingerprint density at radius 2 is 1.94 bits per heavy atom. The zero-order chi connectivity index (χ0) is 22.7. The number of benzene rings is 2. The van der Waals surface area contributed by atoms with E-state index in [1.165, 1.54) is 17.8 Å². The topological polar surface area (TPSA) is 55.1 Å². The van der Waals surface area contributed by atoms with Crippen LogP contribution >= 0.6 is 11.8 Å². The van der Waals surface area contributed by atoms with Gasteiger partial charge in [0.15, 0.2) is 0 Å². The quantitative estimate of drug-likeness (QED) is 0.404. The highest BCUT2D eigenvalue weighted by molar-refractivity contribution is 7.99. The van der Waals surface area contributed by atoms with Crippen LogP contribution in [0, 0.1) is 11.8 Å². The van der Waals surface area contributed by atoms with Crippen molar-refractivity contribution in [3.63, 3.8) is 0 Å². The lowest BCUT2D eigenvalue weighted by molar-refractivity contribution is -0.137. The van der Waals surface area contributed by atoms with Crippen LogP contribution in [0.15, 0.2) is 46.2 Å². The van der Waals surface area contributed by atoms with E-state index in [0.717, 1.165) is 67.0 Å². The van der Waals surface area contributed by atoms with E-state index < -0.39 is 11.7 Å². The molecule has 2 atom stereocenters. The van der Waals surface area contributed by atoms with Gasteiger partial charge in [-0.3, -0.25) is 4.79 Å². The Bertz CT molecular complexity index is 976. The molecule has 3 nitrogen and oxygen atoms in total. The number of fused-ring (bicyclic) bond motifs is 2. The van der Waals surface area contributed by atoms with E-state index in [1.807, 2.05) is 24.3 Å². The van der Waals surface area contributed by atoms with Crippen LogP contribution < -0.4 is 11.1 Å². The standard InChI is InChI=1S/C25H29F3N2OS/c26-25(27,28)19-14-21(20-13-17-8-1-2-10-22(17)32-23(20)15-19)30-24(31)18-9-5-7-16(12-18)6-3-4-11-29/h1-2,8,10,14-16,18H,3-7,9,11-13,29H2,(H,30,31). The maximum absolute atomic E-state index is 13.6. The van der Waals surface area contributed by atoms with Gasteiger partial charge in [-0.2, -0.15) is 13.2 Å². The summed E-state index contributed by atoms with van der Waals surface area (Å²) in [6.07, 6.45) is 2.84. The highest BCUT2D eigenvalue weighted by Crippen LogP contribution is 2.45. The van der Waals surface area contributed by atoms with E-state index in [-0.39, 0.29) is 11.8 Å². The number of alkyl halides is 3. The Morgan fingerprint density at radius 3 is 2.72 bits per heavy atom. The molecule has 1 fully saturated rings. The van der Waals surface area contributed by atoms with Crippen LogP contribution in [0.1, 0.15) is 61.6 Å². The lowest BCUT2D eigenvalue weighted by Crippen LogP contribution is -2.29. The number of unbranched alkanes of at least 4 members (excludes halogenated alkanes) is 1. The van der Waals surface area contributed by atoms with Gasteiger partial charge in [-0.15, -0.1) is 0 Å². The molecule has 1 saturated carbocycles. The van der Waals surface area contributed by atoms with Crippen molar-refractivity contribution in [3.8, 4) is 0 Å². The van der Waals surface area contributed by atoms with Crippen molar-refractivity contribution in [2.75, 3.05) is 11.9 Å². The summed E-state index contributed by atoms with van der Waals surface area (Å²) in [4.78, 5) is 14.6. The molecule has 3 N–H and O–H groups in total. The van der Waals surface area contributed by atoms with Gasteiger partial charge in [0, 0.05) is 27.8 Å². The fourth-order valence-electron chi connectivity index (χ4n) is 4.86. The van der Waals surface area contributed by atoms with Crippen LogP contribution in [0.4, 0.5) is 18.9 Å². The number of amides is 1. The molecule has 0 aromatic heterocycles. The third-order valence-electron chi connectivity index (χ3n) is 6.57. The first-order valence-electron chi connectivity index (χ1n) is 11.4. The summed E-state index contributed by atoms with van der Waals surface area (Å²) >= 11 is 1.34. The van der Waals surface area contributed by atoms with E-state index >= 15 is 0 Å². The minimum Gasteiger partial charge on any atom is -0.330 e. The van der Waals surface area contributed by atoms with Gasteiger partial charge in [-0.25, -0.2) is 0 Å². The Hall–Kier alpha value is -1.99. The molecule has 2 unspecified atom stereocenters. The van der Waals surface area contributed by atoms with Crippen molar-refractivity contribution in [1.82, 2.24) is 0 Å². The van der Waals surface area contributed by atoms with Gasteiger partial charge in [-0.1, -0.05) is 55.6 Å². The molecule has 4 rings (SSSR count). The molecule has 1 heterocycles. The summed E-state index contributed by atoms with van der Waals surface area (Å²) in [6, 6.07) is 10.0. The molecule has 0 bridgehead atoms. The van der Waals surface area contributed by atoms with Gasteiger partial charge in [0.2, 0.25) is 5.91 Å². The Balaban J connectivity index is 1.56. The maximum Gasteiger partial charge on any atom is 0.416 e. The molecule has 2 aliphatic rings. The molecular weight excluding hydrogens is 433 g/mol. The number of carbonyl (C=O) groups is 1. The van der Waals surface area contributed by atoms with Gasteiger partial charge in [0.1, 0.15) is 0 Å². The molecule has 2 aromatic carbocycles. The largest absolute Gasteiger partial charge is 0.416 e.